The fraction of sp³-hybridized carbons (Fsp3) is 0.682. The Hall–Kier alpha value is -1.06. The van der Waals surface area contributed by atoms with Crippen molar-refractivity contribution >= 4 is 29.9 Å². The van der Waals surface area contributed by atoms with E-state index >= 15 is 0 Å². The van der Waals surface area contributed by atoms with Gasteiger partial charge in [-0.3, -0.25) is 4.99 Å². The Balaban J connectivity index is 0.00000420. The number of halogens is 1. The van der Waals surface area contributed by atoms with Gasteiger partial charge in [-0.1, -0.05) is 25.5 Å². The van der Waals surface area contributed by atoms with Crippen LogP contribution in [0.2, 0.25) is 0 Å². The molecule has 1 aromatic rings. The van der Waals surface area contributed by atoms with Gasteiger partial charge in [0.05, 0.1) is 6.61 Å². The van der Waals surface area contributed by atoms with Crippen molar-refractivity contribution in [2.24, 2.45) is 10.9 Å². The number of ether oxygens (including phenoxy) is 3. The summed E-state index contributed by atoms with van der Waals surface area (Å²) in [4.78, 5) is 4.29. The maximum atomic E-state index is 5.80. The van der Waals surface area contributed by atoms with E-state index in [-0.39, 0.29) is 24.0 Å². The highest BCUT2D eigenvalue weighted by molar-refractivity contribution is 14.0. The summed E-state index contributed by atoms with van der Waals surface area (Å²) in [6, 6.07) is 8.22. The zero-order chi connectivity index (χ0) is 19.9. The van der Waals surface area contributed by atoms with E-state index < -0.39 is 0 Å². The van der Waals surface area contributed by atoms with Crippen LogP contribution in [0.1, 0.15) is 44.6 Å². The number of hydrogen-bond acceptors (Lipinski definition) is 4. The standard InChI is InChI=1S/C22H37N3O3.HI/c1-3-4-13-28-21-8-5-7-20(16-21)17-25-22(23-2)24-11-6-12-27-18-19-9-14-26-15-10-19;/h5,7-8,16,19H,3-4,6,9-15,17-18H2,1-2H3,(H2,23,24,25);1H. The van der Waals surface area contributed by atoms with E-state index in [1.807, 2.05) is 12.1 Å². The lowest BCUT2D eigenvalue weighted by Crippen LogP contribution is -2.37. The maximum Gasteiger partial charge on any atom is 0.191 e. The van der Waals surface area contributed by atoms with Crippen molar-refractivity contribution in [2.75, 3.05) is 46.6 Å². The molecule has 0 aromatic heterocycles. The molecule has 1 aromatic carbocycles. The van der Waals surface area contributed by atoms with E-state index in [9.17, 15) is 0 Å². The van der Waals surface area contributed by atoms with Crippen LogP contribution in [0.25, 0.3) is 0 Å². The lowest BCUT2D eigenvalue weighted by molar-refractivity contribution is 0.0203. The lowest BCUT2D eigenvalue weighted by Gasteiger charge is -2.21. The summed E-state index contributed by atoms with van der Waals surface area (Å²) in [6.45, 7) is 7.88. The van der Waals surface area contributed by atoms with Gasteiger partial charge in [-0.25, -0.2) is 0 Å². The molecule has 0 radical (unpaired) electrons. The molecule has 1 saturated heterocycles. The quantitative estimate of drug-likeness (QED) is 0.189. The summed E-state index contributed by atoms with van der Waals surface area (Å²) in [5.41, 5.74) is 1.18. The molecule has 0 unspecified atom stereocenters. The summed E-state index contributed by atoms with van der Waals surface area (Å²) >= 11 is 0. The number of aliphatic imine (C=N–C) groups is 1. The van der Waals surface area contributed by atoms with Gasteiger partial charge in [-0.2, -0.15) is 0 Å². The van der Waals surface area contributed by atoms with Crippen molar-refractivity contribution in [1.29, 1.82) is 0 Å². The molecule has 6 nitrogen and oxygen atoms in total. The SMILES string of the molecule is CCCCOc1cccc(CNC(=NC)NCCCOCC2CCOCC2)c1.I. The summed E-state index contributed by atoms with van der Waals surface area (Å²) < 4.78 is 16.9. The highest BCUT2D eigenvalue weighted by atomic mass is 127. The average Bonchev–Trinajstić information content (AvgIpc) is 2.74. The summed E-state index contributed by atoms with van der Waals surface area (Å²) in [5.74, 6) is 2.40. The van der Waals surface area contributed by atoms with Crippen molar-refractivity contribution in [3.8, 4) is 5.75 Å². The van der Waals surface area contributed by atoms with Crippen molar-refractivity contribution in [3.63, 3.8) is 0 Å². The number of unbranched alkanes of at least 4 members (excludes halogenated alkanes) is 1. The Bertz CT molecular complexity index is 566. The van der Waals surface area contributed by atoms with Gasteiger partial charge in [0.25, 0.3) is 0 Å². The predicted octanol–water partition coefficient (Wildman–Crippen LogP) is 3.98. The molecular formula is C22H38IN3O3. The maximum absolute atomic E-state index is 5.80. The molecule has 2 rings (SSSR count). The van der Waals surface area contributed by atoms with Gasteiger partial charge >= 0.3 is 0 Å². The number of hydrogen-bond donors (Lipinski definition) is 2. The van der Waals surface area contributed by atoms with E-state index in [4.69, 9.17) is 14.2 Å². The molecule has 29 heavy (non-hydrogen) atoms. The lowest BCUT2D eigenvalue weighted by atomic mass is 10.0. The minimum absolute atomic E-state index is 0. The minimum atomic E-state index is 0. The largest absolute Gasteiger partial charge is 0.494 e. The van der Waals surface area contributed by atoms with Gasteiger partial charge in [-0.15, -0.1) is 24.0 Å². The van der Waals surface area contributed by atoms with Crippen LogP contribution in [0.15, 0.2) is 29.3 Å². The van der Waals surface area contributed by atoms with Crippen molar-refractivity contribution in [1.82, 2.24) is 10.6 Å². The molecular weight excluding hydrogens is 481 g/mol. The molecule has 0 bridgehead atoms. The first-order chi connectivity index (χ1) is 13.8. The normalized spacial score (nSPS) is 14.9. The highest BCUT2D eigenvalue weighted by Gasteiger charge is 2.13. The van der Waals surface area contributed by atoms with E-state index in [1.54, 1.807) is 7.05 Å². The van der Waals surface area contributed by atoms with Crippen molar-refractivity contribution < 1.29 is 14.2 Å². The smallest absolute Gasteiger partial charge is 0.191 e. The highest BCUT2D eigenvalue weighted by Crippen LogP contribution is 2.15. The number of nitrogens with zero attached hydrogens (tertiary/aromatic N) is 1. The van der Waals surface area contributed by atoms with E-state index in [0.717, 1.165) is 83.4 Å². The number of guanidine groups is 1. The second-order valence-electron chi connectivity index (χ2n) is 7.19. The first kappa shape index (κ1) is 26.0. The first-order valence-corrected chi connectivity index (χ1v) is 10.6. The van der Waals surface area contributed by atoms with Crippen molar-refractivity contribution in [2.45, 2.75) is 45.6 Å². The molecule has 166 valence electrons. The Labute approximate surface area is 193 Å². The number of benzene rings is 1. The molecule has 1 aliphatic heterocycles. The van der Waals surface area contributed by atoms with E-state index in [2.05, 4.69) is 34.7 Å². The van der Waals surface area contributed by atoms with Crippen LogP contribution in [-0.2, 0) is 16.0 Å². The first-order valence-electron chi connectivity index (χ1n) is 10.6. The predicted molar refractivity (Wildman–Crippen MR) is 129 cm³/mol. The van der Waals surface area contributed by atoms with Gasteiger partial charge in [0.1, 0.15) is 5.75 Å². The Kier molecular flexibility index (Phi) is 15.0. The molecule has 0 aliphatic carbocycles. The topological polar surface area (TPSA) is 64.1 Å². The molecule has 1 fully saturated rings. The second-order valence-corrected chi connectivity index (χ2v) is 7.19. The van der Waals surface area contributed by atoms with Crippen LogP contribution in [-0.4, -0.2) is 52.6 Å². The van der Waals surface area contributed by atoms with Crippen LogP contribution < -0.4 is 15.4 Å². The Morgan fingerprint density at radius 2 is 2.00 bits per heavy atom. The third kappa shape index (κ3) is 11.6. The van der Waals surface area contributed by atoms with Gasteiger partial charge < -0.3 is 24.8 Å². The van der Waals surface area contributed by atoms with Gasteiger partial charge in [0, 0.05) is 46.6 Å². The van der Waals surface area contributed by atoms with Crippen molar-refractivity contribution in [3.05, 3.63) is 29.8 Å². The molecule has 0 amide bonds. The second kappa shape index (κ2) is 16.7. The van der Waals surface area contributed by atoms with Gasteiger partial charge in [0.15, 0.2) is 5.96 Å². The molecule has 0 atom stereocenters. The van der Waals surface area contributed by atoms with Crippen LogP contribution in [0.4, 0.5) is 0 Å². The number of rotatable bonds is 12. The minimum Gasteiger partial charge on any atom is -0.494 e. The zero-order valence-electron chi connectivity index (χ0n) is 18.0. The monoisotopic (exact) mass is 519 g/mol. The molecule has 7 heteroatoms. The average molecular weight is 519 g/mol. The fourth-order valence-electron chi connectivity index (χ4n) is 3.03. The fourth-order valence-corrected chi connectivity index (χ4v) is 3.03. The molecule has 1 heterocycles. The van der Waals surface area contributed by atoms with E-state index in [0.29, 0.717) is 12.5 Å². The van der Waals surface area contributed by atoms with Crippen LogP contribution >= 0.6 is 24.0 Å². The van der Waals surface area contributed by atoms with Crippen LogP contribution in [0, 0.1) is 5.92 Å². The third-order valence-electron chi connectivity index (χ3n) is 4.80. The summed E-state index contributed by atoms with van der Waals surface area (Å²) in [6.07, 6.45) is 5.44. The Morgan fingerprint density at radius 1 is 1.17 bits per heavy atom. The van der Waals surface area contributed by atoms with E-state index in [1.165, 1.54) is 5.56 Å². The summed E-state index contributed by atoms with van der Waals surface area (Å²) in [7, 11) is 1.79. The number of nitrogens with one attached hydrogen (secondary N) is 2. The zero-order valence-corrected chi connectivity index (χ0v) is 20.3. The molecule has 0 spiro atoms. The van der Waals surface area contributed by atoms with Crippen LogP contribution in [0.3, 0.4) is 0 Å². The molecule has 0 saturated carbocycles. The third-order valence-corrected chi connectivity index (χ3v) is 4.80. The molecule has 2 N–H and O–H groups in total. The molecule has 1 aliphatic rings. The van der Waals surface area contributed by atoms with Crippen LogP contribution in [0.5, 0.6) is 5.75 Å². The Morgan fingerprint density at radius 3 is 2.76 bits per heavy atom. The van der Waals surface area contributed by atoms with Gasteiger partial charge in [0.2, 0.25) is 0 Å². The van der Waals surface area contributed by atoms with Gasteiger partial charge in [-0.05, 0) is 49.3 Å². The summed E-state index contributed by atoms with van der Waals surface area (Å²) in [5, 5.41) is 6.69.